The Labute approximate surface area is 371 Å². The molecule has 0 aliphatic heterocycles. The summed E-state index contributed by atoms with van der Waals surface area (Å²) in [5.74, 6) is 0. The highest BCUT2D eigenvalue weighted by atomic mass is 14.7. The maximum Gasteiger partial charge on any atom is 0.0792 e. The number of fused-ring (bicyclic) bond motifs is 22. The third-order valence-corrected chi connectivity index (χ3v) is 15.4. The second-order valence-electron chi connectivity index (χ2n) is 18.0. The van der Waals surface area contributed by atoms with Crippen LogP contribution in [-0.4, -0.2) is 4.98 Å². The van der Waals surface area contributed by atoms with Crippen molar-refractivity contribution in [3.05, 3.63) is 269 Å². The molecular weight excluding hydrogens is 771 g/mol. The quantitative estimate of drug-likeness (QED) is 0.159. The smallest absolute Gasteiger partial charge is 0.0792 e. The van der Waals surface area contributed by atoms with Gasteiger partial charge in [-0.3, -0.25) is 4.98 Å². The lowest BCUT2D eigenvalue weighted by atomic mass is 9.70. The first kappa shape index (κ1) is 34.5. The van der Waals surface area contributed by atoms with Crippen molar-refractivity contribution in [2.75, 3.05) is 0 Å². The average Bonchev–Trinajstić information content (AvgIpc) is 4.04. The zero-order chi connectivity index (χ0) is 41.7. The zero-order valence-electron chi connectivity index (χ0n) is 34.8. The van der Waals surface area contributed by atoms with Gasteiger partial charge in [-0.2, -0.15) is 0 Å². The summed E-state index contributed by atoms with van der Waals surface area (Å²) < 4.78 is 0. The van der Waals surface area contributed by atoms with E-state index in [1.54, 1.807) is 0 Å². The van der Waals surface area contributed by atoms with Gasteiger partial charge in [-0.1, -0.05) is 200 Å². The first-order chi connectivity index (χ1) is 31.8. The van der Waals surface area contributed by atoms with Crippen LogP contribution in [0.3, 0.4) is 0 Å². The van der Waals surface area contributed by atoms with Gasteiger partial charge in [0, 0.05) is 17.1 Å². The van der Waals surface area contributed by atoms with Gasteiger partial charge in [0.05, 0.1) is 16.3 Å². The Morgan fingerprint density at radius 1 is 0.250 bits per heavy atom. The van der Waals surface area contributed by atoms with Crippen LogP contribution in [0.4, 0.5) is 0 Å². The Balaban J connectivity index is 0.998. The molecule has 0 saturated heterocycles. The molecule has 11 aromatic rings. The molecule has 1 aromatic heterocycles. The Hall–Kier alpha value is -8.13. The van der Waals surface area contributed by atoms with Gasteiger partial charge in [0.2, 0.25) is 0 Å². The highest BCUT2D eigenvalue weighted by Crippen LogP contribution is 2.65. The first-order valence-corrected chi connectivity index (χ1v) is 22.5. The van der Waals surface area contributed by atoms with Gasteiger partial charge < -0.3 is 0 Å². The first-order valence-electron chi connectivity index (χ1n) is 22.5. The lowest BCUT2D eigenvalue weighted by Crippen LogP contribution is -2.25. The number of aromatic nitrogens is 1. The predicted octanol–water partition coefficient (Wildman–Crippen LogP) is 15.4. The summed E-state index contributed by atoms with van der Waals surface area (Å²) in [4.78, 5) is 5.32. The molecule has 0 radical (unpaired) electrons. The monoisotopic (exact) mass is 807 g/mol. The van der Waals surface area contributed by atoms with Crippen molar-refractivity contribution in [2.45, 2.75) is 10.8 Å². The molecule has 1 nitrogen and oxygen atoms in total. The van der Waals surface area contributed by atoms with Gasteiger partial charge in [0.15, 0.2) is 0 Å². The van der Waals surface area contributed by atoms with E-state index in [1.165, 1.54) is 122 Å². The molecule has 4 aliphatic rings. The molecule has 1 heteroatoms. The molecule has 64 heavy (non-hydrogen) atoms. The number of pyridine rings is 1. The van der Waals surface area contributed by atoms with Crippen molar-refractivity contribution in [1.29, 1.82) is 0 Å². The van der Waals surface area contributed by atoms with Gasteiger partial charge in [0.1, 0.15) is 0 Å². The summed E-state index contributed by atoms with van der Waals surface area (Å²) in [7, 11) is 0. The van der Waals surface area contributed by atoms with Gasteiger partial charge in [-0.15, -0.1) is 0 Å². The fourth-order valence-electron chi connectivity index (χ4n) is 13.1. The van der Waals surface area contributed by atoms with Crippen molar-refractivity contribution in [1.82, 2.24) is 4.98 Å². The maximum absolute atomic E-state index is 5.32. The number of hydrogen-bond donors (Lipinski definition) is 0. The minimum Gasteiger partial charge on any atom is -0.256 e. The topological polar surface area (TPSA) is 12.9 Å². The van der Waals surface area contributed by atoms with Gasteiger partial charge in [-0.25, -0.2) is 0 Å². The molecule has 0 atom stereocenters. The largest absolute Gasteiger partial charge is 0.256 e. The third kappa shape index (κ3) is 4.01. The number of nitrogens with zero attached hydrogens (tertiary/aromatic N) is 1. The van der Waals surface area contributed by atoms with Crippen LogP contribution < -0.4 is 0 Å². The van der Waals surface area contributed by atoms with E-state index in [0.29, 0.717) is 0 Å². The van der Waals surface area contributed by atoms with E-state index in [2.05, 4.69) is 218 Å². The average molecular weight is 808 g/mol. The molecular formula is C63H37N. The summed E-state index contributed by atoms with van der Waals surface area (Å²) >= 11 is 0. The molecule has 0 fully saturated rings. The Morgan fingerprint density at radius 3 is 0.969 bits per heavy atom. The van der Waals surface area contributed by atoms with Gasteiger partial charge in [-0.05, 0) is 135 Å². The normalized spacial score (nSPS) is 14.5. The van der Waals surface area contributed by atoms with Crippen LogP contribution in [0.25, 0.3) is 88.4 Å². The molecule has 294 valence electrons. The minimum absolute atomic E-state index is 0.422. The SMILES string of the molecule is c1ccc2c(c1)-c1ccccc1C21c2ccccc2-c2ccc(-c3c4ccccc4c(-c4ccc5c(c4)C4(c6ccccc6-c6ccccc64)c4ccccc4-5)c4ncccc34)cc21. The number of hydrogen-bond acceptors (Lipinski definition) is 1. The summed E-state index contributed by atoms with van der Waals surface area (Å²) in [6, 6.07) is 82.4. The fraction of sp³-hybridized carbons (Fsp3) is 0.0317. The third-order valence-electron chi connectivity index (χ3n) is 15.4. The van der Waals surface area contributed by atoms with Crippen molar-refractivity contribution < 1.29 is 0 Å². The van der Waals surface area contributed by atoms with Crippen LogP contribution in [0.2, 0.25) is 0 Å². The van der Waals surface area contributed by atoms with E-state index in [0.717, 1.165) is 10.9 Å². The van der Waals surface area contributed by atoms with E-state index in [4.69, 9.17) is 4.98 Å². The number of benzene rings is 10. The Morgan fingerprint density at radius 2 is 0.562 bits per heavy atom. The summed E-state index contributed by atoms with van der Waals surface area (Å²) in [6.07, 6.45) is 1.97. The van der Waals surface area contributed by atoms with Crippen LogP contribution in [0.5, 0.6) is 0 Å². The number of rotatable bonds is 2. The van der Waals surface area contributed by atoms with Crippen molar-refractivity contribution in [3.8, 4) is 66.8 Å². The molecule has 10 aromatic carbocycles. The van der Waals surface area contributed by atoms with Crippen molar-refractivity contribution in [2.24, 2.45) is 0 Å². The molecule has 4 aliphatic carbocycles. The van der Waals surface area contributed by atoms with Crippen LogP contribution in [0.15, 0.2) is 225 Å². The Bertz CT molecular complexity index is 3430. The molecule has 0 saturated carbocycles. The van der Waals surface area contributed by atoms with Crippen LogP contribution in [0.1, 0.15) is 44.5 Å². The summed E-state index contributed by atoms with van der Waals surface area (Å²) in [5.41, 5.74) is 26.2. The predicted molar refractivity (Wildman–Crippen MR) is 263 cm³/mol. The van der Waals surface area contributed by atoms with Gasteiger partial charge in [0.25, 0.3) is 0 Å². The van der Waals surface area contributed by atoms with Crippen LogP contribution >= 0.6 is 0 Å². The van der Waals surface area contributed by atoms with E-state index in [-0.39, 0.29) is 0 Å². The van der Waals surface area contributed by atoms with Gasteiger partial charge >= 0.3 is 0 Å². The second-order valence-corrected chi connectivity index (χ2v) is 18.0. The molecule has 0 bridgehead atoms. The molecule has 2 spiro atoms. The van der Waals surface area contributed by atoms with Crippen LogP contribution in [-0.2, 0) is 10.8 Å². The fourth-order valence-corrected chi connectivity index (χ4v) is 13.1. The minimum atomic E-state index is -0.427. The molecule has 0 unspecified atom stereocenters. The Kier molecular flexibility index (Phi) is 6.61. The molecule has 0 amide bonds. The highest BCUT2D eigenvalue weighted by Gasteiger charge is 2.53. The summed E-state index contributed by atoms with van der Waals surface area (Å²) in [6.45, 7) is 0. The van der Waals surface area contributed by atoms with E-state index in [1.807, 2.05) is 6.20 Å². The van der Waals surface area contributed by atoms with Crippen molar-refractivity contribution in [3.63, 3.8) is 0 Å². The van der Waals surface area contributed by atoms with Crippen LogP contribution in [0, 0.1) is 0 Å². The standard InChI is InChI=1S/C63H37N/c1-2-23-49-48(22-1)59(38-31-33-46-44-20-7-13-29-55(44)62(57(46)36-38)51-25-9-3-16-40(51)41-17-4-10-26-52(41)62)50-24-15-35-64-61(50)60(49)39-32-34-47-45-21-8-14-30-56(45)63(58(47)37-39)53-27-11-5-18-42(53)43-19-6-12-28-54(43)63/h1-37H. The van der Waals surface area contributed by atoms with Crippen molar-refractivity contribution >= 4 is 21.7 Å². The maximum atomic E-state index is 5.32. The van der Waals surface area contributed by atoms with E-state index in [9.17, 15) is 0 Å². The zero-order valence-corrected chi connectivity index (χ0v) is 34.8. The molecule has 15 rings (SSSR count). The summed E-state index contributed by atoms with van der Waals surface area (Å²) in [5, 5.41) is 3.59. The highest BCUT2D eigenvalue weighted by molar-refractivity contribution is 6.20. The lowest BCUT2D eigenvalue weighted by molar-refractivity contribution is 0.794. The molecule has 1 heterocycles. The van der Waals surface area contributed by atoms with E-state index < -0.39 is 10.8 Å². The van der Waals surface area contributed by atoms with E-state index >= 15 is 0 Å². The lowest BCUT2D eigenvalue weighted by Gasteiger charge is -2.31. The molecule has 0 N–H and O–H groups in total. The second kappa shape index (κ2) is 12.3.